The lowest BCUT2D eigenvalue weighted by molar-refractivity contribution is -0.117. The summed E-state index contributed by atoms with van der Waals surface area (Å²) in [5, 5.41) is 4.02. The van der Waals surface area contributed by atoms with Gasteiger partial charge < -0.3 is 19.2 Å². The lowest BCUT2D eigenvalue weighted by Gasteiger charge is -2.32. The zero-order valence-corrected chi connectivity index (χ0v) is 19.2. The number of nitrogens with one attached hydrogen (secondary N) is 1. The van der Waals surface area contributed by atoms with E-state index in [4.69, 9.17) is 9.15 Å². The van der Waals surface area contributed by atoms with Crippen LogP contribution in [0.2, 0.25) is 0 Å². The number of sulfonamides is 1. The molecule has 0 unspecified atom stereocenters. The third kappa shape index (κ3) is 5.35. The fraction of sp³-hybridized carbons (Fsp3) is 0.421. The Labute approximate surface area is 188 Å². The summed E-state index contributed by atoms with van der Waals surface area (Å²) in [7, 11) is -2.65. The number of hydrogen-bond donors (Lipinski definition) is 1. The maximum atomic E-state index is 12.8. The third-order valence-electron chi connectivity index (χ3n) is 4.66. The average Bonchev–Trinajstić information content (AvgIpc) is 3.44. The highest BCUT2D eigenvalue weighted by Gasteiger charge is 2.32. The summed E-state index contributed by atoms with van der Waals surface area (Å²) in [4.78, 5) is 37.9. The van der Waals surface area contributed by atoms with E-state index in [2.05, 4.69) is 10.1 Å². The van der Waals surface area contributed by atoms with Crippen molar-refractivity contribution in [2.75, 3.05) is 51.8 Å². The summed E-state index contributed by atoms with van der Waals surface area (Å²) in [6.45, 7) is 2.77. The highest BCUT2D eigenvalue weighted by molar-refractivity contribution is 7.89. The maximum absolute atomic E-state index is 12.8. The summed E-state index contributed by atoms with van der Waals surface area (Å²) in [5.41, 5.74) is 0.378. The molecule has 11 nitrogen and oxygen atoms in total. The van der Waals surface area contributed by atoms with Crippen LogP contribution in [0.1, 0.15) is 27.2 Å². The minimum absolute atomic E-state index is 0.0398. The van der Waals surface area contributed by atoms with E-state index >= 15 is 0 Å². The number of carbonyl (C=O) groups is 3. The molecule has 1 amide bonds. The first-order chi connectivity index (χ1) is 15.3. The lowest BCUT2D eigenvalue weighted by atomic mass is 10.3. The van der Waals surface area contributed by atoms with E-state index < -0.39 is 22.0 Å². The maximum Gasteiger partial charge on any atom is 0.374 e. The first-order valence-electron chi connectivity index (χ1n) is 9.71. The fourth-order valence-corrected chi connectivity index (χ4v) is 5.18. The number of anilines is 1. The van der Waals surface area contributed by atoms with Gasteiger partial charge in [0.1, 0.15) is 4.88 Å². The summed E-state index contributed by atoms with van der Waals surface area (Å²) < 4.78 is 41.5. The molecule has 3 heterocycles. The molecule has 1 N–H and O–H groups in total. The van der Waals surface area contributed by atoms with Crippen LogP contribution in [0.5, 0.6) is 0 Å². The number of piperazine rings is 1. The molecule has 2 aromatic heterocycles. The molecule has 0 atom stereocenters. The Balaban J connectivity index is 1.54. The highest BCUT2D eigenvalue weighted by Crippen LogP contribution is 2.24. The van der Waals surface area contributed by atoms with Gasteiger partial charge in [0, 0.05) is 26.2 Å². The van der Waals surface area contributed by atoms with Gasteiger partial charge in [-0.25, -0.2) is 18.0 Å². The molecule has 1 aliphatic rings. The Hall–Kier alpha value is -2.74. The molecule has 32 heavy (non-hydrogen) atoms. The van der Waals surface area contributed by atoms with E-state index in [0.717, 1.165) is 11.3 Å². The number of furan rings is 1. The molecule has 1 aliphatic heterocycles. The molecule has 0 radical (unpaired) electrons. The van der Waals surface area contributed by atoms with Crippen LogP contribution in [-0.2, 0) is 24.3 Å². The van der Waals surface area contributed by atoms with Crippen LogP contribution in [-0.4, -0.2) is 81.9 Å². The third-order valence-corrected chi connectivity index (χ3v) is 7.33. The van der Waals surface area contributed by atoms with Crippen molar-refractivity contribution in [2.24, 2.45) is 0 Å². The highest BCUT2D eigenvalue weighted by atomic mass is 32.2. The molecule has 13 heteroatoms. The smallest absolute Gasteiger partial charge is 0.374 e. The summed E-state index contributed by atoms with van der Waals surface area (Å²) in [6.07, 6.45) is 0. The Morgan fingerprint density at radius 1 is 1.12 bits per heavy atom. The topological polar surface area (TPSA) is 135 Å². The van der Waals surface area contributed by atoms with Crippen LogP contribution in [0.4, 0.5) is 5.69 Å². The minimum atomic E-state index is -3.92. The second-order valence-electron chi connectivity index (χ2n) is 6.72. The van der Waals surface area contributed by atoms with E-state index in [1.807, 2.05) is 0 Å². The van der Waals surface area contributed by atoms with Crippen molar-refractivity contribution in [3.8, 4) is 0 Å². The molecule has 1 saturated heterocycles. The van der Waals surface area contributed by atoms with Gasteiger partial charge in [0.15, 0.2) is 0 Å². The van der Waals surface area contributed by atoms with Gasteiger partial charge in [-0.05, 0) is 30.5 Å². The van der Waals surface area contributed by atoms with Crippen molar-refractivity contribution < 1.29 is 36.7 Å². The monoisotopic (exact) mass is 485 g/mol. The molecular weight excluding hydrogens is 462 g/mol. The molecule has 0 spiro atoms. The van der Waals surface area contributed by atoms with Gasteiger partial charge in [0.25, 0.3) is 10.0 Å². The lowest BCUT2D eigenvalue weighted by Crippen LogP contribution is -2.50. The number of esters is 2. The molecular formula is C19H23N3O8S2. The van der Waals surface area contributed by atoms with Gasteiger partial charge in [-0.1, -0.05) is 0 Å². The number of methoxy groups -OCH3 is 1. The van der Waals surface area contributed by atoms with Crippen LogP contribution in [0.3, 0.4) is 0 Å². The number of ether oxygens (including phenoxy) is 2. The van der Waals surface area contributed by atoms with E-state index in [-0.39, 0.29) is 43.0 Å². The van der Waals surface area contributed by atoms with Gasteiger partial charge in [-0.3, -0.25) is 9.69 Å². The van der Waals surface area contributed by atoms with Crippen molar-refractivity contribution in [1.29, 1.82) is 0 Å². The van der Waals surface area contributed by atoms with Crippen LogP contribution < -0.4 is 5.32 Å². The standard InChI is InChI=1S/C19H23N3O8S2/c1-3-29-18(24)14-4-5-16(30-14)32(26,27)22-9-7-21(8-10-22)12-15(23)20-13-6-11-31-17(13)19(25)28-2/h4-6,11H,3,7-10,12H2,1-2H3,(H,20,23). The second-order valence-corrected chi connectivity index (χ2v) is 9.51. The minimum Gasteiger partial charge on any atom is -0.465 e. The number of carbonyl (C=O) groups excluding carboxylic acids is 3. The fourth-order valence-electron chi connectivity index (χ4n) is 3.08. The number of rotatable bonds is 8. The molecule has 0 aromatic carbocycles. The number of thiophene rings is 1. The number of hydrogen-bond acceptors (Lipinski definition) is 10. The Morgan fingerprint density at radius 3 is 2.50 bits per heavy atom. The van der Waals surface area contributed by atoms with Crippen molar-refractivity contribution >= 4 is 44.9 Å². The van der Waals surface area contributed by atoms with E-state index in [1.165, 1.54) is 23.5 Å². The zero-order valence-electron chi connectivity index (χ0n) is 17.5. The molecule has 174 valence electrons. The first kappa shape index (κ1) is 23.9. The van der Waals surface area contributed by atoms with Gasteiger partial charge in [0.05, 0.1) is 25.9 Å². The average molecular weight is 486 g/mol. The Bertz CT molecular complexity index is 1080. The largest absolute Gasteiger partial charge is 0.465 e. The molecule has 1 fully saturated rings. The van der Waals surface area contributed by atoms with Crippen molar-refractivity contribution in [3.63, 3.8) is 0 Å². The number of amides is 1. The van der Waals surface area contributed by atoms with E-state index in [9.17, 15) is 22.8 Å². The first-order valence-corrected chi connectivity index (χ1v) is 12.0. The second kappa shape index (κ2) is 10.3. The Morgan fingerprint density at radius 2 is 1.84 bits per heavy atom. The van der Waals surface area contributed by atoms with Crippen molar-refractivity contribution in [3.05, 3.63) is 34.2 Å². The summed E-state index contributed by atoms with van der Waals surface area (Å²) >= 11 is 1.16. The quantitative estimate of drug-likeness (QED) is 0.548. The van der Waals surface area contributed by atoms with Gasteiger partial charge in [-0.15, -0.1) is 11.3 Å². The van der Waals surface area contributed by atoms with Crippen LogP contribution in [0, 0.1) is 0 Å². The van der Waals surface area contributed by atoms with Crippen LogP contribution in [0.15, 0.2) is 33.1 Å². The molecule has 2 aromatic rings. The van der Waals surface area contributed by atoms with Crippen molar-refractivity contribution in [1.82, 2.24) is 9.21 Å². The normalized spacial score (nSPS) is 15.3. The van der Waals surface area contributed by atoms with E-state index in [0.29, 0.717) is 23.7 Å². The predicted octanol–water partition coefficient (Wildman–Crippen LogP) is 1.25. The Kier molecular flexibility index (Phi) is 7.66. The summed E-state index contributed by atoms with van der Waals surface area (Å²) in [6, 6.07) is 4.10. The molecule has 0 saturated carbocycles. The summed E-state index contributed by atoms with van der Waals surface area (Å²) in [5.74, 6) is -1.76. The van der Waals surface area contributed by atoms with E-state index in [1.54, 1.807) is 23.3 Å². The van der Waals surface area contributed by atoms with Crippen LogP contribution in [0.25, 0.3) is 0 Å². The molecule has 3 rings (SSSR count). The predicted molar refractivity (Wildman–Crippen MR) is 114 cm³/mol. The SMILES string of the molecule is CCOC(=O)c1ccc(S(=O)(=O)N2CCN(CC(=O)Nc3ccsc3C(=O)OC)CC2)o1. The van der Waals surface area contributed by atoms with Gasteiger partial charge >= 0.3 is 11.9 Å². The zero-order chi connectivity index (χ0) is 23.3. The number of nitrogens with zero attached hydrogens (tertiary/aromatic N) is 2. The van der Waals surface area contributed by atoms with Crippen LogP contribution >= 0.6 is 11.3 Å². The van der Waals surface area contributed by atoms with Crippen molar-refractivity contribution in [2.45, 2.75) is 12.0 Å². The molecule has 0 aliphatic carbocycles. The molecule has 0 bridgehead atoms. The van der Waals surface area contributed by atoms with Gasteiger partial charge in [0.2, 0.25) is 16.8 Å². The van der Waals surface area contributed by atoms with Gasteiger partial charge in [-0.2, -0.15) is 4.31 Å².